The van der Waals surface area contributed by atoms with E-state index in [1.165, 1.54) is 45.2 Å². The van der Waals surface area contributed by atoms with Crippen molar-refractivity contribution in [3.63, 3.8) is 0 Å². The first kappa shape index (κ1) is 14.1. The molecule has 1 atom stereocenters. The van der Waals surface area contributed by atoms with Crippen LogP contribution in [0.15, 0.2) is 12.1 Å². The molecule has 1 aliphatic heterocycles. The summed E-state index contributed by atoms with van der Waals surface area (Å²) in [7, 11) is 0. The molecule has 2 rings (SSSR count). The van der Waals surface area contributed by atoms with Crippen LogP contribution in [-0.2, 0) is 0 Å². The summed E-state index contributed by atoms with van der Waals surface area (Å²) in [4.78, 5) is 4.28. The summed E-state index contributed by atoms with van der Waals surface area (Å²) in [6.07, 6.45) is 6.58. The van der Waals surface area contributed by atoms with Crippen molar-refractivity contribution in [1.82, 2.24) is 10.3 Å². The average molecular weight is 262 g/mol. The lowest BCUT2D eigenvalue weighted by atomic mass is 9.94. The Kier molecular flexibility index (Phi) is 5.45. The highest BCUT2D eigenvalue weighted by molar-refractivity contribution is 5.45. The first-order chi connectivity index (χ1) is 9.24. The van der Waals surface area contributed by atoms with Gasteiger partial charge in [-0.2, -0.15) is 0 Å². The van der Waals surface area contributed by atoms with Gasteiger partial charge < -0.3 is 16.4 Å². The molecule has 1 aromatic heterocycles. The van der Waals surface area contributed by atoms with Gasteiger partial charge in [0.25, 0.3) is 0 Å². The van der Waals surface area contributed by atoms with Crippen LogP contribution in [-0.4, -0.2) is 24.6 Å². The number of nitrogens with one attached hydrogen (secondary N) is 2. The van der Waals surface area contributed by atoms with E-state index in [4.69, 9.17) is 5.73 Å². The second-order valence-electron chi connectivity index (χ2n) is 5.59. The van der Waals surface area contributed by atoms with E-state index in [9.17, 15) is 0 Å². The van der Waals surface area contributed by atoms with E-state index in [0.29, 0.717) is 5.82 Å². The van der Waals surface area contributed by atoms with E-state index in [1.54, 1.807) is 0 Å². The maximum absolute atomic E-state index is 5.73. The van der Waals surface area contributed by atoms with Crippen molar-refractivity contribution in [2.24, 2.45) is 5.92 Å². The summed E-state index contributed by atoms with van der Waals surface area (Å²) < 4.78 is 0. The molecule has 19 heavy (non-hydrogen) atoms. The molecule has 0 aromatic carbocycles. The molecule has 106 valence electrons. The Labute approximate surface area is 116 Å². The van der Waals surface area contributed by atoms with Crippen molar-refractivity contribution >= 4 is 11.6 Å². The van der Waals surface area contributed by atoms with Crippen molar-refractivity contribution in [3.8, 4) is 0 Å². The minimum atomic E-state index is 0.593. The average Bonchev–Trinajstić information content (AvgIpc) is 2.38. The van der Waals surface area contributed by atoms with E-state index in [2.05, 4.69) is 15.6 Å². The van der Waals surface area contributed by atoms with Crippen LogP contribution in [0.4, 0.5) is 11.6 Å². The minimum Gasteiger partial charge on any atom is -0.384 e. The number of aromatic nitrogens is 1. The molecule has 0 aliphatic carbocycles. The lowest BCUT2D eigenvalue weighted by Crippen LogP contribution is -2.29. The quantitative estimate of drug-likeness (QED) is 0.689. The van der Waals surface area contributed by atoms with Gasteiger partial charge in [0.15, 0.2) is 0 Å². The van der Waals surface area contributed by atoms with Crippen molar-refractivity contribution < 1.29 is 0 Å². The Bertz CT molecular complexity index is 365. The summed E-state index contributed by atoms with van der Waals surface area (Å²) in [5.41, 5.74) is 6.89. The third kappa shape index (κ3) is 5.07. The highest BCUT2D eigenvalue weighted by Crippen LogP contribution is 2.17. The summed E-state index contributed by atoms with van der Waals surface area (Å²) in [6.45, 7) is 5.44. The van der Waals surface area contributed by atoms with E-state index in [0.717, 1.165) is 23.8 Å². The molecule has 0 radical (unpaired) electrons. The largest absolute Gasteiger partial charge is 0.384 e. The summed E-state index contributed by atoms with van der Waals surface area (Å²) >= 11 is 0. The molecule has 1 saturated heterocycles. The smallest absolute Gasteiger partial charge is 0.128 e. The molecule has 4 N–H and O–H groups in total. The molecule has 4 nitrogen and oxygen atoms in total. The molecule has 0 saturated carbocycles. The lowest BCUT2D eigenvalue weighted by molar-refractivity contribution is 0.349. The number of nitrogens with two attached hydrogens (primary N) is 1. The third-order valence-electron chi connectivity index (χ3n) is 3.73. The van der Waals surface area contributed by atoms with E-state index in [1.807, 2.05) is 19.1 Å². The van der Waals surface area contributed by atoms with Gasteiger partial charge in [-0.15, -0.1) is 0 Å². The Hall–Kier alpha value is -1.29. The third-order valence-corrected chi connectivity index (χ3v) is 3.73. The Morgan fingerprint density at radius 1 is 1.42 bits per heavy atom. The first-order valence-corrected chi connectivity index (χ1v) is 7.43. The predicted molar refractivity (Wildman–Crippen MR) is 81.3 cm³/mol. The normalized spacial score (nSPS) is 19.3. The number of nitrogens with zero attached hydrogens (tertiary/aromatic N) is 1. The van der Waals surface area contributed by atoms with Crippen LogP contribution in [0.2, 0.25) is 0 Å². The van der Waals surface area contributed by atoms with Gasteiger partial charge in [-0.3, -0.25) is 0 Å². The van der Waals surface area contributed by atoms with Crippen LogP contribution < -0.4 is 16.4 Å². The number of nitrogen functional groups attached to an aromatic ring is 1. The van der Waals surface area contributed by atoms with Gasteiger partial charge in [-0.25, -0.2) is 4.98 Å². The maximum Gasteiger partial charge on any atom is 0.128 e. The van der Waals surface area contributed by atoms with Crippen LogP contribution in [0, 0.1) is 12.8 Å². The molecule has 2 heterocycles. The zero-order valence-corrected chi connectivity index (χ0v) is 11.9. The fourth-order valence-electron chi connectivity index (χ4n) is 2.73. The molecular weight excluding hydrogens is 236 g/mol. The Balaban J connectivity index is 1.60. The molecule has 4 heteroatoms. The van der Waals surface area contributed by atoms with Crippen LogP contribution in [0.1, 0.15) is 37.7 Å². The van der Waals surface area contributed by atoms with Gasteiger partial charge in [-0.05, 0) is 69.3 Å². The van der Waals surface area contributed by atoms with Crippen LogP contribution >= 0.6 is 0 Å². The van der Waals surface area contributed by atoms with E-state index in [-0.39, 0.29) is 0 Å². The van der Waals surface area contributed by atoms with Crippen molar-refractivity contribution in [3.05, 3.63) is 17.7 Å². The van der Waals surface area contributed by atoms with E-state index >= 15 is 0 Å². The van der Waals surface area contributed by atoms with Crippen molar-refractivity contribution in [1.29, 1.82) is 0 Å². The number of hydrogen-bond donors (Lipinski definition) is 3. The molecule has 0 amide bonds. The topological polar surface area (TPSA) is 63.0 Å². The fraction of sp³-hybridized carbons (Fsp3) is 0.667. The number of unbranched alkanes of at least 4 members (excludes halogenated alkanes) is 1. The van der Waals surface area contributed by atoms with Gasteiger partial charge in [0.05, 0.1) is 0 Å². The monoisotopic (exact) mass is 262 g/mol. The number of pyridine rings is 1. The Morgan fingerprint density at radius 3 is 3.05 bits per heavy atom. The predicted octanol–water partition coefficient (Wildman–Crippen LogP) is 2.55. The Morgan fingerprint density at radius 2 is 2.32 bits per heavy atom. The highest BCUT2D eigenvalue weighted by Gasteiger charge is 2.11. The second-order valence-corrected chi connectivity index (χ2v) is 5.59. The van der Waals surface area contributed by atoms with Crippen LogP contribution in [0.25, 0.3) is 0 Å². The second kappa shape index (κ2) is 7.34. The number of rotatable bonds is 6. The summed E-state index contributed by atoms with van der Waals surface area (Å²) in [5.74, 6) is 2.38. The highest BCUT2D eigenvalue weighted by atomic mass is 15.0. The number of piperidine rings is 1. The molecule has 1 aromatic rings. The summed E-state index contributed by atoms with van der Waals surface area (Å²) in [5, 5.41) is 6.83. The molecular formula is C15H26N4. The van der Waals surface area contributed by atoms with Gasteiger partial charge in [-0.1, -0.05) is 6.42 Å². The van der Waals surface area contributed by atoms with Crippen molar-refractivity contribution in [2.75, 3.05) is 30.7 Å². The standard InChI is InChI=1S/C15H26N4/c1-12-9-14(16)19-15(10-12)18-8-3-2-5-13-6-4-7-17-11-13/h9-10,13,17H,2-8,11H2,1H3,(H3,16,18,19). The SMILES string of the molecule is Cc1cc(N)nc(NCCCCC2CCCNC2)c1. The lowest BCUT2D eigenvalue weighted by Gasteiger charge is -2.22. The minimum absolute atomic E-state index is 0.593. The van der Waals surface area contributed by atoms with Crippen LogP contribution in [0.3, 0.4) is 0 Å². The van der Waals surface area contributed by atoms with Gasteiger partial charge in [0.2, 0.25) is 0 Å². The van der Waals surface area contributed by atoms with E-state index < -0.39 is 0 Å². The summed E-state index contributed by atoms with van der Waals surface area (Å²) in [6, 6.07) is 3.93. The van der Waals surface area contributed by atoms with Gasteiger partial charge in [0, 0.05) is 6.54 Å². The van der Waals surface area contributed by atoms with Crippen LogP contribution in [0.5, 0.6) is 0 Å². The van der Waals surface area contributed by atoms with Gasteiger partial charge in [0.1, 0.15) is 11.6 Å². The first-order valence-electron chi connectivity index (χ1n) is 7.43. The molecule has 1 unspecified atom stereocenters. The molecule has 0 spiro atoms. The number of hydrogen-bond acceptors (Lipinski definition) is 4. The zero-order valence-electron chi connectivity index (χ0n) is 11.9. The van der Waals surface area contributed by atoms with Crippen molar-refractivity contribution in [2.45, 2.75) is 39.0 Å². The molecule has 1 aliphatic rings. The molecule has 0 bridgehead atoms. The molecule has 1 fully saturated rings. The fourth-order valence-corrected chi connectivity index (χ4v) is 2.73. The van der Waals surface area contributed by atoms with Gasteiger partial charge >= 0.3 is 0 Å². The zero-order chi connectivity index (χ0) is 13.5. The maximum atomic E-state index is 5.73. The number of aryl methyl sites for hydroxylation is 1. The number of anilines is 2.